The lowest BCUT2D eigenvalue weighted by Crippen LogP contribution is -2.34. The molecule has 0 aromatic carbocycles. The Balaban J connectivity index is 2.73. The van der Waals surface area contributed by atoms with E-state index in [1.54, 1.807) is 0 Å². The Hall–Kier alpha value is -0.160. The van der Waals surface area contributed by atoms with Crippen molar-refractivity contribution < 1.29 is 0 Å². The third-order valence-electron chi connectivity index (χ3n) is 1.58. The van der Waals surface area contributed by atoms with Crippen LogP contribution in [0.3, 0.4) is 0 Å². The first-order valence-corrected chi connectivity index (χ1v) is 4.62. The van der Waals surface area contributed by atoms with Crippen LogP contribution < -0.4 is 21.3 Å². The van der Waals surface area contributed by atoms with Crippen molar-refractivity contribution in [3.05, 3.63) is 0 Å². The molecule has 4 N–H and O–H groups in total. The Morgan fingerprint density at radius 3 is 1.25 bits per heavy atom. The smallest absolute Gasteiger partial charge is 0.00772 e. The van der Waals surface area contributed by atoms with Gasteiger partial charge in [-0.3, -0.25) is 0 Å². The summed E-state index contributed by atoms with van der Waals surface area (Å²) in [5.74, 6) is 0. The van der Waals surface area contributed by atoms with Crippen molar-refractivity contribution in [2.75, 3.05) is 53.4 Å². The Bertz CT molecular complexity index is 67.5. The quantitative estimate of drug-likeness (QED) is 0.325. The van der Waals surface area contributed by atoms with Gasteiger partial charge in [0.1, 0.15) is 0 Å². The molecule has 0 radical (unpaired) electrons. The van der Waals surface area contributed by atoms with Crippen molar-refractivity contribution in [1.82, 2.24) is 21.3 Å². The molecule has 0 spiro atoms. The zero-order valence-electron chi connectivity index (χ0n) is 8.24. The monoisotopic (exact) mass is 174 g/mol. The summed E-state index contributed by atoms with van der Waals surface area (Å²) in [6.07, 6.45) is 0. The minimum Gasteiger partial charge on any atom is -0.318 e. The van der Waals surface area contributed by atoms with Crippen molar-refractivity contribution in [2.24, 2.45) is 0 Å². The van der Waals surface area contributed by atoms with Gasteiger partial charge < -0.3 is 21.3 Å². The van der Waals surface area contributed by atoms with Crippen molar-refractivity contribution >= 4 is 0 Å². The summed E-state index contributed by atoms with van der Waals surface area (Å²) >= 11 is 0. The molecule has 0 saturated carbocycles. The second-order valence-electron chi connectivity index (χ2n) is 2.71. The van der Waals surface area contributed by atoms with E-state index in [2.05, 4.69) is 21.3 Å². The number of rotatable bonds is 9. The molecule has 0 aromatic heterocycles. The normalized spacial score (nSPS) is 10.5. The number of hydrogen-bond acceptors (Lipinski definition) is 4. The lowest BCUT2D eigenvalue weighted by Gasteiger charge is -2.05. The third kappa shape index (κ3) is 9.84. The molecule has 0 saturated heterocycles. The first-order chi connectivity index (χ1) is 5.91. The molecule has 12 heavy (non-hydrogen) atoms. The lowest BCUT2D eigenvalue weighted by molar-refractivity contribution is 0.590. The molecule has 74 valence electrons. The van der Waals surface area contributed by atoms with Crippen LogP contribution in [0.25, 0.3) is 0 Å². The molecule has 0 unspecified atom stereocenters. The van der Waals surface area contributed by atoms with Gasteiger partial charge in [-0.25, -0.2) is 0 Å². The van der Waals surface area contributed by atoms with E-state index in [1.807, 2.05) is 14.1 Å². The number of likely N-dealkylation sites (N-methyl/N-ethyl adjacent to an activating group) is 2. The Labute approximate surface area is 75.5 Å². The van der Waals surface area contributed by atoms with Crippen molar-refractivity contribution in [1.29, 1.82) is 0 Å². The van der Waals surface area contributed by atoms with Crippen LogP contribution in [0.4, 0.5) is 0 Å². The molecule has 4 heteroatoms. The Kier molecular flexibility index (Phi) is 10.7. The summed E-state index contributed by atoms with van der Waals surface area (Å²) in [4.78, 5) is 0. The summed E-state index contributed by atoms with van der Waals surface area (Å²) in [6, 6.07) is 0. The molecule has 0 aliphatic heterocycles. The van der Waals surface area contributed by atoms with Crippen molar-refractivity contribution in [2.45, 2.75) is 0 Å². The van der Waals surface area contributed by atoms with Gasteiger partial charge >= 0.3 is 0 Å². The second kappa shape index (κ2) is 10.8. The average Bonchev–Trinajstić information content (AvgIpc) is 2.10. The van der Waals surface area contributed by atoms with Crippen LogP contribution in [-0.4, -0.2) is 53.4 Å². The van der Waals surface area contributed by atoms with Gasteiger partial charge in [-0.1, -0.05) is 0 Å². The zero-order chi connectivity index (χ0) is 9.07. The summed E-state index contributed by atoms with van der Waals surface area (Å²) in [5.41, 5.74) is 0. The number of nitrogens with one attached hydrogen (secondary N) is 4. The maximum Gasteiger partial charge on any atom is 0.00772 e. The van der Waals surface area contributed by atoms with Crippen LogP contribution in [0.15, 0.2) is 0 Å². The molecule has 0 heterocycles. The summed E-state index contributed by atoms with van der Waals surface area (Å²) in [5, 5.41) is 12.8. The predicted octanol–water partition coefficient (Wildman–Crippen LogP) is -1.40. The second-order valence-corrected chi connectivity index (χ2v) is 2.71. The highest BCUT2D eigenvalue weighted by atomic mass is 15.0. The summed E-state index contributed by atoms with van der Waals surface area (Å²) in [6.45, 7) is 6.26. The Morgan fingerprint density at radius 1 is 0.583 bits per heavy atom. The van der Waals surface area contributed by atoms with Crippen LogP contribution in [0, 0.1) is 0 Å². The first-order valence-electron chi connectivity index (χ1n) is 4.62. The SMILES string of the molecule is CNCCNCCNCCNC. The van der Waals surface area contributed by atoms with Gasteiger partial charge in [0.15, 0.2) is 0 Å². The molecule has 0 atom stereocenters. The standard InChI is InChI=1S/C8H22N4/c1-9-3-5-11-7-8-12-6-4-10-2/h9-12H,3-8H2,1-2H3. The molecular formula is C8H22N4. The molecule has 0 fully saturated rings. The number of hydrogen-bond donors (Lipinski definition) is 4. The van der Waals surface area contributed by atoms with E-state index in [9.17, 15) is 0 Å². The minimum atomic E-state index is 1.04. The van der Waals surface area contributed by atoms with Gasteiger partial charge in [0.05, 0.1) is 0 Å². The highest BCUT2D eigenvalue weighted by molar-refractivity contribution is 4.53. The molecule has 0 aliphatic rings. The fraction of sp³-hybridized carbons (Fsp3) is 1.00. The molecule has 0 aromatic rings. The lowest BCUT2D eigenvalue weighted by atomic mass is 10.5. The fourth-order valence-electron chi connectivity index (χ4n) is 0.854. The van der Waals surface area contributed by atoms with E-state index in [0.29, 0.717) is 0 Å². The van der Waals surface area contributed by atoms with Gasteiger partial charge in [0.2, 0.25) is 0 Å². The van der Waals surface area contributed by atoms with E-state index < -0.39 is 0 Å². The fourth-order valence-corrected chi connectivity index (χ4v) is 0.854. The van der Waals surface area contributed by atoms with Crippen LogP contribution in [-0.2, 0) is 0 Å². The van der Waals surface area contributed by atoms with Gasteiger partial charge in [0, 0.05) is 39.3 Å². The van der Waals surface area contributed by atoms with Gasteiger partial charge in [-0.05, 0) is 14.1 Å². The molecule has 0 amide bonds. The topological polar surface area (TPSA) is 48.1 Å². The first kappa shape index (κ1) is 11.8. The molecule has 0 bridgehead atoms. The van der Waals surface area contributed by atoms with Gasteiger partial charge in [0.25, 0.3) is 0 Å². The summed E-state index contributed by atoms with van der Waals surface area (Å²) < 4.78 is 0. The highest BCUT2D eigenvalue weighted by Gasteiger charge is 1.86. The van der Waals surface area contributed by atoms with E-state index in [4.69, 9.17) is 0 Å². The summed E-state index contributed by atoms with van der Waals surface area (Å²) in [7, 11) is 3.93. The van der Waals surface area contributed by atoms with E-state index in [1.165, 1.54) is 0 Å². The molecule has 0 aliphatic carbocycles. The van der Waals surface area contributed by atoms with Gasteiger partial charge in [-0.2, -0.15) is 0 Å². The van der Waals surface area contributed by atoms with Crippen LogP contribution in [0.2, 0.25) is 0 Å². The maximum absolute atomic E-state index is 3.32. The van der Waals surface area contributed by atoms with Crippen LogP contribution >= 0.6 is 0 Å². The highest BCUT2D eigenvalue weighted by Crippen LogP contribution is 1.59. The molecule has 4 nitrogen and oxygen atoms in total. The predicted molar refractivity (Wildman–Crippen MR) is 53.6 cm³/mol. The van der Waals surface area contributed by atoms with Crippen LogP contribution in [0.1, 0.15) is 0 Å². The largest absolute Gasteiger partial charge is 0.318 e. The van der Waals surface area contributed by atoms with Crippen molar-refractivity contribution in [3.8, 4) is 0 Å². The van der Waals surface area contributed by atoms with E-state index >= 15 is 0 Å². The minimum absolute atomic E-state index is 1.04. The Morgan fingerprint density at radius 2 is 0.917 bits per heavy atom. The maximum atomic E-state index is 3.32. The van der Waals surface area contributed by atoms with Gasteiger partial charge in [-0.15, -0.1) is 0 Å². The molecular weight excluding hydrogens is 152 g/mol. The average molecular weight is 174 g/mol. The zero-order valence-corrected chi connectivity index (χ0v) is 8.24. The van der Waals surface area contributed by atoms with E-state index in [0.717, 1.165) is 39.3 Å². The van der Waals surface area contributed by atoms with Crippen molar-refractivity contribution in [3.63, 3.8) is 0 Å². The van der Waals surface area contributed by atoms with E-state index in [-0.39, 0.29) is 0 Å². The molecule has 0 rings (SSSR count). The van der Waals surface area contributed by atoms with Crippen LogP contribution in [0.5, 0.6) is 0 Å². The third-order valence-corrected chi connectivity index (χ3v) is 1.58.